The molecule has 0 radical (unpaired) electrons. The molecule has 0 amide bonds. The van der Waals surface area contributed by atoms with Gasteiger partial charge in [0.05, 0.1) is 6.54 Å². The molecule has 0 unspecified atom stereocenters. The molecule has 2 heterocycles. The predicted octanol–water partition coefficient (Wildman–Crippen LogP) is 3.57. The summed E-state index contributed by atoms with van der Waals surface area (Å²) in [4.78, 5) is 2.57. The molecule has 0 bridgehead atoms. The van der Waals surface area contributed by atoms with Crippen LogP contribution in [0.25, 0.3) is 0 Å². The van der Waals surface area contributed by atoms with Crippen molar-refractivity contribution in [1.29, 1.82) is 0 Å². The number of hydrogen-bond donors (Lipinski definition) is 1. The van der Waals surface area contributed by atoms with Crippen molar-refractivity contribution in [1.82, 2.24) is 10.2 Å². The van der Waals surface area contributed by atoms with Crippen molar-refractivity contribution < 1.29 is 4.42 Å². The number of likely N-dealkylation sites (tertiary alicyclic amines) is 1. The quantitative estimate of drug-likeness (QED) is 0.912. The SMILES string of the molecule is CNCc1cc(CN2CCC(C(C)(C)C)CC2)c(C)o1. The molecule has 0 saturated carbocycles. The van der Waals surface area contributed by atoms with Crippen LogP contribution < -0.4 is 5.32 Å². The molecule has 114 valence electrons. The highest BCUT2D eigenvalue weighted by atomic mass is 16.3. The highest BCUT2D eigenvalue weighted by Gasteiger charge is 2.28. The second-order valence-electron chi connectivity index (χ2n) is 7.24. The van der Waals surface area contributed by atoms with Crippen molar-refractivity contribution in [3.63, 3.8) is 0 Å². The van der Waals surface area contributed by atoms with E-state index in [1.807, 2.05) is 7.05 Å². The van der Waals surface area contributed by atoms with Crippen LogP contribution in [0.2, 0.25) is 0 Å². The fraction of sp³-hybridized carbons (Fsp3) is 0.765. The molecule has 3 nitrogen and oxygen atoms in total. The lowest BCUT2D eigenvalue weighted by Crippen LogP contribution is -2.37. The molecule has 1 saturated heterocycles. The third kappa shape index (κ3) is 3.86. The highest BCUT2D eigenvalue weighted by Crippen LogP contribution is 2.34. The van der Waals surface area contributed by atoms with Gasteiger partial charge in [-0.3, -0.25) is 4.90 Å². The van der Waals surface area contributed by atoms with E-state index in [2.05, 4.69) is 44.0 Å². The number of furan rings is 1. The molecule has 0 atom stereocenters. The van der Waals surface area contributed by atoms with E-state index in [4.69, 9.17) is 4.42 Å². The Hall–Kier alpha value is -0.800. The summed E-state index contributed by atoms with van der Waals surface area (Å²) < 4.78 is 5.78. The van der Waals surface area contributed by atoms with Crippen LogP contribution >= 0.6 is 0 Å². The van der Waals surface area contributed by atoms with Crippen LogP contribution in [-0.2, 0) is 13.1 Å². The van der Waals surface area contributed by atoms with Gasteiger partial charge in [-0.1, -0.05) is 20.8 Å². The Kier molecular flexibility index (Phi) is 4.92. The first-order valence-electron chi connectivity index (χ1n) is 7.85. The first-order chi connectivity index (χ1) is 9.40. The maximum atomic E-state index is 5.78. The van der Waals surface area contributed by atoms with Gasteiger partial charge in [0.1, 0.15) is 11.5 Å². The summed E-state index contributed by atoms with van der Waals surface area (Å²) in [7, 11) is 1.95. The standard InChI is InChI=1S/C17H30N2O/c1-13-14(10-16(20-13)11-18-5)12-19-8-6-15(7-9-19)17(2,3)4/h10,15,18H,6-9,11-12H2,1-5H3. The molecule has 0 aliphatic carbocycles. The number of nitrogens with zero attached hydrogens (tertiary/aromatic N) is 1. The minimum absolute atomic E-state index is 0.456. The average Bonchev–Trinajstić information content (AvgIpc) is 2.70. The van der Waals surface area contributed by atoms with E-state index < -0.39 is 0 Å². The van der Waals surface area contributed by atoms with E-state index in [1.54, 1.807) is 0 Å². The van der Waals surface area contributed by atoms with Gasteiger partial charge in [-0.05, 0) is 57.3 Å². The zero-order valence-corrected chi connectivity index (χ0v) is 13.8. The largest absolute Gasteiger partial charge is 0.465 e. The van der Waals surface area contributed by atoms with Crippen LogP contribution in [-0.4, -0.2) is 25.0 Å². The second kappa shape index (κ2) is 6.31. The third-order valence-electron chi connectivity index (χ3n) is 4.63. The fourth-order valence-electron chi connectivity index (χ4n) is 3.20. The third-order valence-corrected chi connectivity index (χ3v) is 4.63. The van der Waals surface area contributed by atoms with E-state index in [1.165, 1.54) is 31.5 Å². The Morgan fingerprint density at radius 2 is 1.95 bits per heavy atom. The van der Waals surface area contributed by atoms with Gasteiger partial charge in [0.15, 0.2) is 0 Å². The first-order valence-corrected chi connectivity index (χ1v) is 7.85. The zero-order valence-electron chi connectivity index (χ0n) is 13.8. The minimum atomic E-state index is 0.456. The summed E-state index contributed by atoms with van der Waals surface area (Å²) in [6.07, 6.45) is 2.65. The molecule has 1 aromatic heterocycles. The van der Waals surface area contributed by atoms with E-state index >= 15 is 0 Å². The van der Waals surface area contributed by atoms with Crippen molar-refractivity contribution in [3.05, 3.63) is 23.2 Å². The predicted molar refractivity (Wildman–Crippen MR) is 83.7 cm³/mol. The molecular formula is C17H30N2O. The average molecular weight is 278 g/mol. The maximum Gasteiger partial charge on any atom is 0.118 e. The molecule has 1 N–H and O–H groups in total. The first kappa shape index (κ1) is 15.6. The van der Waals surface area contributed by atoms with Crippen molar-refractivity contribution in [3.8, 4) is 0 Å². The number of hydrogen-bond acceptors (Lipinski definition) is 3. The smallest absolute Gasteiger partial charge is 0.118 e. The Bertz CT molecular complexity index is 423. The number of nitrogens with one attached hydrogen (secondary N) is 1. The van der Waals surface area contributed by atoms with E-state index in [-0.39, 0.29) is 0 Å². The Balaban J connectivity index is 1.89. The number of piperidine rings is 1. The molecular weight excluding hydrogens is 248 g/mol. The Morgan fingerprint density at radius 1 is 1.30 bits per heavy atom. The monoisotopic (exact) mass is 278 g/mol. The summed E-state index contributed by atoms with van der Waals surface area (Å²) in [6, 6.07) is 2.21. The summed E-state index contributed by atoms with van der Waals surface area (Å²) in [5, 5.41) is 3.14. The van der Waals surface area contributed by atoms with Crippen LogP contribution in [0.5, 0.6) is 0 Å². The summed E-state index contributed by atoms with van der Waals surface area (Å²) >= 11 is 0. The van der Waals surface area contributed by atoms with Crippen molar-refractivity contribution >= 4 is 0 Å². The molecule has 1 aromatic rings. The minimum Gasteiger partial charge on any atom is -0.465 e. The normalized spacial score (nSPS) is 18.6. The van der Waals surface area contributed by atoms with Crippen LogP contribution in [0, 0.1) is 18.3 Å². The number of rotatable bonds is 4. The molecule has 1 aliphatic heterocycles. The van der Waals surface area contributed by atoms with E-state index in [0.29, 0.717) is 5.41 Å². The van der Waals surface area contributed by atoms with Crippen LogP contribution in [0.4, 0.5) is 0 Å². The molecule has 1 fully saturated rings. The van der Waals surface area contributed by atoms with E-state index in [9.17, 15) is 0 Å². The lowest BCUT2D eigenvalue weighted by Gasteiger charge is -2.38. The topological polar surface area (TPSA) is 28.4 Å². The van der Waals surface area contributed by atoms with Gasteiger partial charge in [-0.2, -0.15) is 0 Å². The fourth-order valence-corrected chi connectivity index (χ4v) is 3.20. The lowest BCUT2D eigenvalue weighted by atomic mass is 9.75. The van der Waals surface area contributed by atoms with Gasteiger partial charge in [0.2, 0.25) is 0 Å². The summed E-state index contributed by atoms with van der Waals surface area (Å²) in [5.41, 5.74) is 1.81. The van der Waals surface area contributed by atoms with Gasteiger partial charge in [-0.15, -0.1) is 0 Å². The van der Waals surface area contributed by atoms with Crippen molar-refractivity contribution in [2.45, 2.75) is 53.6 Å². The Morgan fingerprint density at radius 3 is 2.50 bits per heavy atom. The van der Waals surface area contributed by atoms with Gasteiger partial charge < -0.3 is 9.73 Å². The number of aryl methyl sites for hydroxylation is 1. The van der Waals surface area contributed by atoms with Gasteiger partial charge >= 0.3 is 0 Å². The summed E-state index contributed by atoms with van der Waals surface area (Å²) in [5.74, 6) is 2.99. The molecule has 2 rings (SSSR count). The van der Waals surface area contributed by atoms with Crippen LogP contribution in [0.1, 0.15) is 50.7 Å². The Labute approximate surface area is 123 Å². The maximum absolute atomic E-state index is 5.78. The molecule has 3 heteroatoms. The lowest BCUT2D eigenvalue weighted by molar-refractivity contribution is 0.108. The summed E-state index contributed by atoms with van der Waals surface area (Å²) in [6.45, 7) is 13.5. The van der Waals surface area contributed by atoms with Gasteiger partial charge in [-0.25, -0.2) is 0 Å². The molecule has 0 aromatic carbocycles. The zero-order chi connectivity index (χ0) is 14.8. The molecule has 20 heavy (non-hydrogen) atoms. The van der Waals surface area contributed by atoms with Crippen molar-refractivity contribution in [2.24, 2.45) is 11.3 Å². The van der Waals surface area contributed by atoms with Crippen LogP contribution in [0.3, 0.4) is 0 Å². The highest BCUT2D eigenvalue weighted by molar-refractivity contribution is 5.20. The van der Waals surface area contributed by atoms with Crippen molar-refractivity contribution in [2.75, 3.05) is 20.1 Å². The van der Waals surface area contributed by atoms with Gasteiger partial charge in [0, 0.05) is 12.1 Å². The molecule has 0 spiro atoms. The van der Waals surface area contributed by atoms with E-state index in [0.717, 1.165) is 30.5 Å². The second-order valence-corrected chi connectivity index (χ2v) is 7.24. The van der Waals surface area contributed by atoms with Gasteiger partial charge in [0.25, 0.3) is 0 Å². The molecule has 1 aliphatic rings. The van der Waals surface area contributed by atoms with Crippen LogP contribution in [0.15, 0.2) is 10.5 Å².